The van der Waals surface area contributed by atoms with Crippen molar-refractivity contribution >= 4 is 23.5 Å². The average Bonchev–Trinajstić information content (AvgIpc) is 2.71. The van der Waals surface area contributed by atoms with Crippen molar-refractivity contribution in [1.82, 2.24) is 14.9 Å². The van der Waals surface area contributed by atoms with Gasteiger partial charge >= 0.3 is 0 Å². The molecule has 0 atom stereocenters. The molecule has 0 spiro atoms. The lowest BCUT2D eigenvalue weighted by Crippen LogP contribution is -2.38. The van der Waals surface area contributed by atoms with E-state index in [0.29, 0.717) is 5.69 Å². The summed E-state index contributed by atoms with van der Waals surface area (Å²) in [7, 11) is 1.35. The lowest BCUT2D eigenvalue weighted by molar-refractivity contribution is -0.126. The van der Waals surface area contributed by atoms with Gasteiger partial charge in [-0.1, -0.05) is 0 Å². The number of anilines is 1. The van der Waals surface area contributed by atoms with Crippen molar-refractivity contribution in [3.8, 4) is 5.88 Å². The number of ether oxygens (including phenoxy) is 1. The summed E-state index contributed by atoms with van der Waals surface area (Å²) in [4.78, 5) is 32.8. The number of aryl methyl sites for hydroxylation is 1. The van der Waals surface area contributed by atoms with Gasteiger partial charge < -0.3 is 15.8 Å². The first-order valence-electron chi connectivity index (χ1n) is 8.53. The summed E-state index contributed by atoms with van der Waals surface area (Å²) in [6, 6.07) is 3.94. The van der Waals surface area contributed by atoms with Crippen LogP contribution in [0.15, 0.2) is 30.6 Å². The van der Waals surface area contributed by atoms with Gasteiger partial charge in [-0.2, -0.15) is 0 Å². The molecule has 11 heteroatoms. The summed E-state index contributed by atoms with van der Waals surface area (Å²) in [6.07, 6.45) is 2.37. The number of carbonyl (C=O) groups is 2. The van der Waals surface area contributed by atoms with Gasteiger partial charge in [0.25, 0.3) is 5.91 Å². The minimum Gasteiger partial charge on any atom is -0.474 e. The van der Waals surface area contributed by atoms with Gasteiger partial charge in [0.2, 0.25) is 11.8 Å². The molecule has 0 aliphatic rings. The lowest BCUT2D eigenvalue weighted by Gasteiger charge is -2.14. The molecule has 29 heavy (non-hydrogen) atoms. The van der Waals surface area contributed by atoms with Gasteiger partial charge in [0.05, 0.1) is 12.4 Å². The SMILES string of the molecule is CN(C(=N)N)C(=O)CCc1cc(NC(=O)c2cnc(OCCF)cn2)ccc1F. The van der Waals surface area contributed by atoms with Crippen LogP contribution in [-0.4, -0.2) is 53.0 Å². The molecule has 2 aromatic rings. The van der Waals surface area contributed by atoms with Crippen LogP contribution in [0.2, 0.25) is 0 Å². The Bertz CT molecular complexity index is 892. The van der Waals surface area contributed by atoms with Crippen molar-refractivity contribution in [3.63, 3.8) is 0 Å². The molecule has 1 aromatic carbocycles. The molecule has 2 rings (SSSR count). The van der Waals surface area contributed by atoms with Gasteiger partial charge in [0, 0.05) is 19.2 Å². The summed E-state index contributed by atoms with van der Waals surface area (Å²) in [6.45, 7) is -0.837. The number of hydrogen-bond donors (Lipinski definition) is 3. The number of benzene rings is 1. The molecule has 0 saturated heterocycles. The Hall–Kier alpha value is -3.63. The standard InChI is InChI=1S/C18H20F2N6O3/c1-26(18(21)22)16(27)5-2-11-8-12(3-4-13(11)20)25-17(28)14-9-24-15(10-23-14)29-7-6-19/h3-4,8-10H,2,5-7H2,1H3,(H3,21,22)(H,25,28). The highest BCUT2D eigenvalue weighted by atomic mass is 19.1. The second kappa shape index (κ2) is 10.1. The van der Waals surface area contributed by atoms with Gasteiger partial charge in [0.15, 0.2) is 5.96 Å². The number of alkyl halides is 1. The molecule has 1 heterocycles. The first kappa shape index (κ1) is 21.7. The fraction of sp³-hybridized carbons (Fsp3) is 0.278. The highest BCUT2D eigenvalue weighted by Gasteiger charge is 2.14. The number of nitrogens with zero attached hydrogens (tertiary/aromatic N) is 3. The Labute approximate surface area is 165 Å². The maximum atomic E-state index is 14.0. The van der Waals surface area contributed by atoms with Gasteiger partial charge in [0.1, 0.15) is 24.8 Å². The van der Waals surface area contributed by atoms with Crippen LogP contribution >= 0.6 is 0 Å². The first-order chi connectivity index (χ1) is 13.8. The van der Waals surface area contributed by atoms with Crippen molar-refractivity contribution in [2.24, 2.45) is 5.73 Å². The molecule has 0 unspecified atom stereocenters. The van der Waals surface area contributed by atoms with E-state index in [1.807, 2.05) is 0 Å². The van der Waals surface area contributed by atoms with Crippen LogP contribution in [0.3, 0.4) is 0 Å². The molecule has 2 amide bonds. The van der Waals surface area contributed by atoms with E-state index in [0.717, 1.165) is 4.90 Å². The van der Waals surface area contributed by atoms with Crippen LogP contribution in [-0.2, 0) is 11.2 Å². The van der Waals surface area contributed by atoms with Crippen LogP contribution in [0.4, 0.5) is 14.5 Å². The molecular formula is C18H20F2N6O3. The summed E-state index contributed by atoms with van der Waals surface area (Å²) >= 11 is 0. The Morgan fingerprint density at radius 2 is 2.07 bits per heavy atom. The minimum absolute atomic E-state index is 0.0123. The van der Waals surface area contributed by atoms with Crippen LogP contribution in [0.25, 0.3) is 0 Å². The third kappa shape index (κ3) is 6.19. The maximum absolute atomic E-state index is 14.0. The van der Waals surface area contributed by atoms with Crippen LogP contribution in [0, 0.1) is 11.2 Å². The second-order valence-electron chi connectivity index (χ2n) is 5.88. The Morgan fingerprint density at radius 3 is 2.69 bits per heavy atom. The minimum atomic E-state index is -0.673. The number of halogens is 2. The van der Waals surface area contributed by atoms with Gasteiger partial charge in [-0.05, 0) is 30.2 Å². The zero-order valence-electron chi connectivity index (χ0n) is 15.6. The molecular weight excluding hydrogens is 386 g/mol. The summed E-state index contributed by atoms with van der Waals surface area (Å²) in [5, 5.41) is 9.78. The molecule has 4 N–H and O–H groups in total. The van der Waals surface area contributed by atoms with E-state index in [4.69, 9.17) is 15.9 Å². The zero-order chi connectivity index (χ0) is 21.4. The third-order valence-electron chi connectivity index (χ3n) is 3.84. The number of nitrogens with one attached hydrogen (secondary N) is 2. The van der Waals surface area contributed by atoms with Crippen LogP contribution in [0.5, 0.6) is 5.88 Å². The largest absolute Gasteiger partial charge is 0.474 e. The molecule has 0 fully saturated rings. The molecule has 1 aromatic heterocycles. The van der Waals surface area contributed by atoms with E-state index in [1.165, 1.54) is 37.6 Å². The molecule has 0 saturated carbocycles. The van der Waals surface area contributed by atoms with E-state index in [-0.39, 0.29) is 36.6 Å². The van der Waals surface area contributed by atoms with Crippen molar-refractivity contribution in [2.75, 3.05) is 25.6 Å². The van der Waals surface area contributed by atoms with Crippen molar-refractivity contribution in [3.05, 3.63) is 47.7 Å². The van der Waals surface area contributed by atoms with Crippen molar-refractivity contribution in [2.45, 2.75) is 12.8 Å². The number of hydrogen-bond acceptors (Lipinski definition) is 6. The predicted octanol–water partition coefficient (Wildman–Crippen LogP) is 1.50. The van der Waals surface area contributed by atoms with Gasteiger partial charge in [-0.25, -0.2) is 18.7 Å². The zero-order valence-corrected chi connectivity index (χ0v) is 15.6. The Morgan fingerprint density at radius 1 is 1.31 bits per heavy atom. The molecule has 0 aliphatic heterocycles. The fourth-order valence-corrected chi connectivity index (χ4v) is 2.23. The molecule has 154 valence electrons. The number of aromatic nitrogens is 2. The molecule has 9 nitrogen and oxygen atoms in total. The number of carbonyl (C=O) groups excluding carboxylic acids is 2. The average molecular weight is 406 g/mol. The first-order valence-corrected chi connectivity index (χ1v) is 8.53. The van der Waals surface area contributed by atoms with E-state index < -0.39 is 30.3 Å². The van der Waals surface area contributed by atoms with E-state index in [9.17, 15) is 18.4 Å². The lowest BCUT2D eigenvalue weighted by atomic mass is 10.1. The number of nitrogens with two attached hydrogens (primary N) is 1. The quantitative estimate of drug-likeness (QED) is 0.449. The monoisotopic (exact) mass is 406 g/mol. The fourth-order valence-electron chi connectivity index (χ4n) is 2.23. The highest BCUT2D eigenvalue weighted by molar-refractivity contribution is 6.02. The van der Waals surface area contributed by atoms with E-state index in [1.54, 1.807) is 0 Å². The molecule has 0 bridgehead atoms. The topological polar surface area (TPSA) is 134 Å². The summed E-state index contributed by atoms with van der Waals surface area (Å²) < 4.78 is 31.0. The highest BCUT2D eigenvalue weighted by Crippen LogP contribution is 2.17. The van der Waals surface area contributed by atoms with Crippen LogP contribution < -0.4 is 15.8 Å². The maximum Gasteiger partial charge on any atom is 0.275 e. The number of guanidine groups is 1. The van der Waals surface area contributed by atoms with E-state index in [2.05, 4.69) is 15.3 Å². The Kier molecular flexibility index (Phi) is 7.52. The Balaban J connectivity index is 2.02. The summed E-state index contributed by atoms with van der Waals surface area (Å²) in [5.41, 5.74) is 5.74. The van der Waals surface area contributed by atoms with E-state index >= 15 is 0 Å². The normalized spacial score (nSPS) is 10.3. The molecule has 0 radical (unpaired) electrons. The summed E-state index contributed by atoms with van der Waals surface area (Å²) in [5.74, 6) is -1.87. The van der Waals surface area contributed by atoms with Crippen molar-refractivity contribution in [1.29, 1.82) is 5.41 Å². The number of amides is 2. The van der Waals surface area contributed by atoms with Crippen LogP contribution in [0.1, 0.15) is 22.5 Å². The van der Waals surface area contributed by atoms with Gasteiger partial charge in [-0.3, -0.25) is 19.9 Å². The molecule has 0 aliphatic carbocycles. The smallest absolute Gasteiger partial charge is 0.275 e. The number of rotatable bonds is 8. The predicted molar refractivity (Wildman–Crippen MR) is 101 cm³/mol. The van der Waals surface area contributed by atoms with Gasteiger partial charge in [-0.15, -0.1) is 0 Å². The second-order valence-corrected chi connectivity index (χ2v) is 5.88. The third-order valence-corrected chi connectivity index (χ3v) is 3.84. The van der Waals surface area contributed by atoms with Crippen molar-refractivity contribution < 1.29 is 23.1 Å².